The lowest BCUT2D eigenvalue weighted by atomic mass is 9.73. The van der Waals surface area contributed by atoms with E-state index in [1.807, 2.05) is 6.20 Å². The third kappa shape index (κ3) is 3.87. The summed E-state index contributed by atoms with van der Waals surface area (Å²) in [6.45, 7) is 2.69. The average molecular weight is 489 g/mol. The zero-order valence-electron chi connectivity index (χ0n) is 17.7. The van der Waals surface area contributed by atoms with Gasteiger partial charge in [0.05, 0.1) is 35.5 Å². The lowest BCUT2D eigenvalue weighted by molar-refractivity contribution is 0.0268. The lowest BCUT2D eigenvalue weighted by Crippen LogP contribution is -2.43. The minimum absolute atomic E-state index is 0.0964. The Morgan fingerprint density at radius 1 is 1.33 bits per heavy atom. The molecule has 0 bridgehead atoms. The number of hydrogen-bond acceptors (Lipinski definition) is 6. The second-order valence-corrected chi connectivity index (χ2v) is 8.95. The lowest BCUT2D eigenvalue weighted by Gasteiger charge is -2.29. The van der Waals surface area contributed by atoms with E-state index in [1.165, 1.54) is 12.1 Å². The second kappa shape index (κ2) is 8.47. The Hall–Kier alpha value is -2.33. The molecule has 170 valence electrons. The van der Waals surface area contributed by atoms with Crippen LogP contribution in [-0.2, 0) is 9.47 Å². The Kier molecular flexibility index (Phi) is 5.77. The number of halogens is 3. The molecule has 5 rings (SSSR count). The number of nitrogens with zero attached hydrogens (tertiary/aromatic N) is 3. The highest BCUT2D eigenvalue weighted by molar-refractivity contribution is 6.36. The maximum Gasteiger partial charge on any atom is 0.166 e. The molecular weight excluding hydrogens is 469 g/mol. The molecule has 3 unspecified atom stereocenters. The summed E-state index contributed by atoms with van der Waals surface area (Å²) in [7, 11) is 6.47. The molecule has 2 N–H and O–H groups in total. The van der Waals surface area contributed by atoms with Gasteiger partial charge in [-0.1, -0.05) is 23.2 Å². The summed E-state index contributed by atoms with van der Waals surface area (Å²) in [6.07, 6.45) is 5.12. The first-order chi connectivity index (χ1) is 15.8. The van der Waals surface area contributed by atoms with Crippen molar-refractivity contribution in [2.75, 3.05) is 18.9 Å². The molecule has 2 fully saturated rings. The van der Waals surface area contributed by atoms with Crippen LogP contribution in [-0.4, -0.2) is 47.4 Å². The molecule has 4 atom stereocenters. The molecule has 0 aliphatic carbocycles. The Labute approximate surface area is 201 Å². The van der Waals surface area contributed by atoms with Crippen molar-refractivity contribution in [3.63, 3.8) is 0 Å². The zero-order chi connectivity index (χ0) is 23.3. The number of rotatable bonds is 5. The van der Waals surface area contributed by atoms with E-state index in [1.54, 1.807) is 30.1 Å². The number of nitrogens with two attached hydrogens (primary N) is 1. The highest BCUT2D eigenvalue weighted by Gasteiger charge is 2.52. The minimum Gasteiger partial charge on any atom is -0.482 e. The van der Waals surface area contributed by atoms with Crippen molar-refractivity contribution in [2.24, 2.45) is 0 Å². The third-order valence-corrected chi connectivity index (χ3v) is 6.85. The zero-order valence-corrected chi connectivity index (χ0v) is 19.2. The number of benzene rings is 1. The van der Waals surface area contributed by atoms with Gasteiger partial charge < -0.3 is 19.9 Å². The van der Waals surface area contributed by atoms with Gasteiger partial charge in [-0.3, -0.25) is 4.68 Å². The number of fused-ring (bicyclic) bond motifs is 1. The van der Waals surface area contributed by atoms with E-state index < -0.39 is 17.4 Å². The van der Waals surface area contributed by atoms with Crippen molar-refractivity contribution in [3.05, 3.63) is 58.2 Å². The number of pyridine rings is 1. The number of ether oxygens (including phenoxy) is 3. The standard InChI is InChI=1S/C22H20BCl2FN4O3/c1-11(19-14(24)2-3-15(26)20(19)25)33-16-6-12(7-28-21(16)27)13-8-29-30(9-13)17-10-31-18-4-5-32-22(17,18)23/h2-3,6-9,11,17-18H,4-5,10H2,1H3,(H2,27,28)/t11?,17?,18?,22-/m1/s1. The fraction of sp³-hybridized carbons (Fsp3) is 0.364. The Balaban J connectivity index is 1.41. The van der Waals surface area contributed by atoms with Gasteiger partial charge >= 0.3 is 0 Å². The predicted molar refractivity (Wildman–Crippen MR) is 123 cm³/mol. The van der Waals surface area contributed by atoms with Crippen molar-refractivity contribution in [1.29, 1.82) is 0 Å². The van der Waals surface area contributed by atoms with Crippen molar-refractivity contribution in [2.45, 2.75) is 37.1 Å². The normalized spacial score (nSPS) is 25.2. The molecule has 0 saturated carbocycles. The third-order valence-electron chi connectivity index (χ3n) is 6.14. The summed E-state index contributed by atoms with van der Waals surface area (Å²) in [6, 6.07) is 4.13. The molecule has 33 heavy (non-hydrogen) atoms. The first-order valence-corrected chi connectivity index (χ1v) is 11.2. The van der Waals surface area contributed by atoms with Crippen LogP contribution in [0.1, 0.15) is 31.1 Å². The molecule has 7 nitrogen and oxygen atoms in total. The molecule has 4 heterocycles. The first kappa shape index (κ1) is 22.5. The molecule has 1 aromatic carbocycles. The number of aromatic nitrogens is 3. The van der Waals surface area contributed by atoms with Gasteiger partial charge in [-0.05, 0) is 31.5 Å². The summed E-state index contributed by atoms with van der Waals surface area (Å²) < 4.78 is 33.3. The smallest absolute Gasteiger partial charge is 0.166 e. The molecule has 3 aromatic rings. The molecule has 0 amide bonds. The first-order valence-electron chi connectivity index (χ1n) is 10.4. The van der Waals surface area contributed by atoms with Gasteiger partial charge in [0.15, 0.2) is 11.6 Å². The summed E-state index contributed by atoms with van der Waals surface area (Å²) >= 11 is 12.3. The van der Waals surface area contributed by atoms with Gasteiger partial charge in [-0.15, -0.1) is 0 Å². The number of anilines is 1. The van der Waals surface area contributed by atoms with Crippen molar-refractivity contribution in [3.8, 4) is 16.9 Å². The summed E-state index contributed by atoms with van der Waals surface area (Å²) in [5, 5.41) is 4.67. The second-order valence-electron chi connectivity index (χ2n) is 8.16. The van der Waals surface area contributed by atoms with Gasteiger partial charge in [-0.25, -0.2) is 9.37 Å². The largest absolute Gasteiger partial charge is 0.482 e. The molecule has 0 spiro atoms. The van der Waals surface area contributed by atoms with E-state index in [0.29, 0.717) is 29.5 Å². The quantitative estimate of drug-likeness (QED) is 0.424. The topological polar surface area (TPSA) is 84.4 Å². The van der Waals surface area contributed by atoms with Crippen molar-refractivity contribution in [1.82, 2.24) is 14.8 Å². The number of nitrogen functional groups attached to an aromatic ring is 1. The van der Waals surface area contributed by atoms with Gasteiger partial charge in [0.2, 0.25) is 0 Å². The molecule has 2 radical (unpaired) electrons. The number of hydrogen-bond donors (Lipinski definition) is 1. The fourth-order valence-electron chi connectivity index (χ4n) is 4.34. The summed E-state index contributed by atoms with van der Waals surface area (Å²) in [5.74, 6) is -0.0994. The molecule has 11 heteroatoms. The van der Waals surface area contributed by atoms with Crippen LogP contribution in [0.5, 0.6) is 5.75 Å². The predicted octanol–water partition coefficient (Wildman–Crippen LogP) is 4.34. The van der Waals surface area contributed by atoms with Crippen LogP contribution >= 0.6 is 23.2 Å². The van der Waals surface area contributed by atoms with Crippen molar-refractivity contribution < 1.29 is 18.6 Å². The van der Waals surface area contributed by atoms with Gasteiger partial charge in [0.1, 0.15) is 19.8 Å². The molecule has 2 aliphatic rings. The van der Waals surface area contributed by atoms with Crippen LogP contribution in [0.15, 0.2) is 36.8 Å². The van der Waals surface area contributed by atoms with Gasteiger partial charge in [0.25, 0.3) is 0 Å². The molecular formula is C22H20BCl2FN4O3. The Bertz CT molecular complexity index is 1210. The van der Waals surface area contributed by atoms with Crippen LogP contribution in [0.2, 0.25) is 10.0 Å². The van der Waals surface area contributed by atoms with Gasteiger partial charge in [-0.2, -0.15) is 5.10 Å². The Morgan fingerprint density at radius 2 is 2.15 bits per heavy atom. The monoisotopic (exact) mass is 488 g/mol. The highest BCUT2D eigenvalue weighted by atomic mass is 35.5. The average Bonchev–Trinajstić information content (AvgIpc) is 3.47. The van der Waals surface area contributed by atoms with Crippen molar-refractivity contribution >= 4 is 36.9 Å². The minimum atomic E-state index is -0.893. The van der Waals surface area contributed by atoms with Crippen LogP contribution in [0, 0.1) is 5.82 Å². The SMILES string of the molecule is [B][C@]12OCCC1OCC2n1cc(-c2cnc(N)c(OC(C)c3c(Cl)ccc(F)c3Cl)c2)cn1. The van der Waals surface area contributed by atoms with Gasteiger partial charge in [0, 0.05) is 40.7 Å². The summed E-state index contributed by atoms with van der Waals surface area (Å²) in [5.41, 5.74) is 6.98. The molecule has 2 aliphatic heterocycles. The molecule has 2 saturated heterocycles. The van der Waals surface area contributed by atoms with Crippen LogP contribution in [0.3, 0.4) is 0 Å². The maximum atomic E-state index is 13.9. The van der Waals surface area contributed by atoms with Crippen LogP contribution in [0.25, 0.3) is 11.1 Å². The van der Waals surface area contributed by atoms with Crippen LogP contribution in [0.4, 0.5) is 10.2 Å². The Morgan fingerprint density at radius 3 is 2.97 bits per heavy atom. The maximum absolute atomic E-state index is 13.9. The van der Waals surface area contributed by atoms with E-state index in [0.717, 1.165) is 17.5 Å². The fourth-order valence-corrected chi connectivity index (χ4v) is 5.01. The van der Waals surface area contributed by atoms with E-state index in [-0.39, 0.29) is 23.0 Å². The van der Waals surface area contributed by atoms with Crippen LogP contribution < -0.4 is 10.5 Å². The highest BCUT2D eigenvalue weighted by Crippen LogP contribution is 2.42. The van der Waals surface area contributed by atoms with E-state index in [2.05, 4.69) is 10.1 Å². The molecule has 2 aromatic heterocycles. The van der Waals surface area contributed by atoms with E-state index in [4.69, 9.17) is 51.0 Å². The summed E-state index contributed by atoms with van der Waals surface area (Å²) in [4.78, 5) is 4.24. The van der Waals surface area contributed by atoms with E-state index >= 15 is 0 Å². The van der Waals surface area contributed by atoms with E-state index in [9.17, 15) is 4.39 Å².